The van der Waals surface area contributed by atoms with Gasteiger partial charge in [-0.05, 0) is 67.3 Å². The number of aryl methyl sites for hydroxylation is 1. The van der Waals surface area contributed by atoms with Gasteiger partial charge in [-0.1, -0.05) is 19.9 Å². The van der Waals surface area contributed by atoms with Crippen molar-refractivity contribution in [2.75, 3.05) is 17.6 Å². The van der Waals surface area contributed by atoms with Crippen LogP contribution in [-0.4, -0.2) is 33.2 Å². The fourth-order valence-electron chi connectivity index (χ4n) is 4.53. The summed E-state index contributed by atoms with van der Waals surface area (Å²) in [6, 6.07) is 7.74. The third kappa shape index (κ3) is 4.75. The summed E-state index contributed by atoms with van der Waals surface area (Å²) in [5, 5.41) is 2.69. The molecule has 8 heteroatoms. The molecule has 1 aromatic carbocycles. The van der Waals surface area contributed by atoms with Crippen molar-refractivity contribution in [2.24, 2.45) is 11.8 Å². The molecule has 2 atom stereocenters. The van der Waals surface area contributed by atoms with Gasteiger partial charge in [0.15, 0.2) is 0 Å². The number of thiazole rings is 1. The van der Waals surface area contributed by atoms with E-state index in [0.717, 1.165) is 40.6 Å². The largest absolute Gasteiger partial charge is 0.383 e. The van der Waals surface area contributed by atoms with Gasteiger partial charge in [0.05, 0.1) is 33.7 Å². The molecule has 2 amide bonds. The second-order valence-corrected chi connectivity index (χ2v) is 9.88. The van der Waals surface area contributed by atoms with Crippen LogP contribution in [0.3, 0.4) is 0 Å². The van der Waals surface area contributed by atoms with Crippen LogP contribution in [0, 0.1) is 18.8 Å². The van der Waals surface area contributed by atoms with E-state index in [1.807, 2.05) is 12.4 Å². The fraction of sp³-hybridized carbons (Fsp3) is 0.417. The molecular weight excluding hydrogens is 422 g/mol. The van der Waals surface area contributed by atoms with Gasteiger partial charge in [-0.25, -0.2) is 9.97 Å². The zero-order valence-corrected chi connectivity index (χ0v) is 19.5. The van der Waals surface area contributed by atoms with Gasteiger partial charge in [0.2, 0.25) is 0 Å². The van der Waals surface area contributed by atoms with Crippen molar-refractivity contribution in [3.05, 3.63) is 47.1 Å². The Kier molecular flexibility index (Phi) is 6.41. The highest BCUT2D eigenvalue weighted by atomic mass is 32.1. The number of anilines is 2. The first-order valence-electron chi connectivity index (χ1n) is 11.0. The van der Waals surface area contributed by atoms with Crippen molar-refractivity contribution in [1.29, 1.82) is 0 Å². The van der Waals surface area contributed by atoms with Crippen LogP contribution in [0.25, 0.3) is 10.2 Å². The number of carbonyl (C=O) groups excluding carboxylic acids is 2. The third-order valence-electron chi connectivity index (χ3n) is 6.09. The Balaban J connectivity index is 1.58. The predicted molar refractivity (Wildman–Crippen MR) is 128 cm³/mol. The molecule has 1 aliphatic rings. The van der Waals surface area contributed by atoms with Crippen molar-refractivity contribution < 1.29 is 9.59 Å². The number of benzene rings is 1. The van der Waals surface area contributed by atoms with Crippen LogP contribution in [0.5, 0.6) is 0 Å². The van der Waals surface area contributed by atoms with Gasteiger partial charge in [0.1, 0.15) is 5.82 Å². The number of likely N-dealkylation sites (tertiary alicyclic amines) is 1. The van der Waals surface area contributed by atoms with Gasteiger partial charge in [0.25, 0.3) is 0 Å². The Morgan fingerprint density at radius 2 is 2.09 bits per heavy atom. The molecule has 168 valence electrons. The van der Waals surface area contributed by atoms with E-state index in [-0.39, 0.29) is 6.04 Å². The number of piperidine rings is 1. The molecule has 7 nitrogen and oxygen atoms in total. The summed E-state index contributed by atoms with van der Waals surface area (Å²) in [4.78, 5) is 36.3. The molecule has 1 aliphatic heterocycles. The summed E-state index contributed by atoms with van der Waals surface area (Å²) in [7, 11) is 0. The number of aromatic nitrogens is 2. The number of rotatable bonds is 4. The molecule has 0 saturated carbocycles. The molecule has 0 bridgehead atoms. The highest BCUT2D eigenvalue weighted by Gasteiger charge is 2.35. The topological polar surface area (TPSA) is 101 Å². The lowest BCUT2D eigenvalue weighted by Crippen LogP contribution is -2.46. The molecule has 3 N–H and O–H groups in total. The van der Waals surface area contributed by atoms with Gasteiger partial charge < -0.3 is 16.0 Å². The predicted octanol–water partition coefficient (Wildman–Crippen LogP) is 4.55. The molecule has 2 aromatic heterocycles. The second kappa shape index (κ2) is 9.24. The third-order valence-corrected chi connectivity index (χ3v) is 6.90. The van der Waals surface area contributed by atoms with Gasteiger partial charge in [0, 0.05) is 6.54 Å². The Labute approximate surface area is 192 Å². The van der Waals surface area contributed by atoms with Gasteiger partial charge in [-0.15, -0.1) is 11.3 Å². The zero-order chi connectivity index (χ0) is 22.8. The molecule has 3 heterocycles. The molecule has 1 unspecified atom stereocenters. The highest BCUT2D eigenvalue weighted by Crippen LogP contribution is 2.38. The lowest BCUT2D eigenvalue weighted by atomic mass is 9.82. The van der Waals surface area contributed by atoms with Crippen molar-refractivity contribution in [3.63, 3.8) is 0 Å². The first kappa shape index (κ1) is 22.2. The maximum atomic E-state index is 13.2. The van der Waals surface area contributed by atoms with E-state index in [0.29, 0.717) is 29.9 Å². The quantitative estimate of drug-likeness (QED) is 0.567. The summed E-state index contributed by atoms with van der Waals surface area (Å²) >= 11 is 1.60. The summed E-state index contributed by atoms with van der Waals surface area (Å²) in [6.45, 7) is 6.82. The SMILES string of the molecule is Cc1cc(NC(=O)C(=O)N2CCC(CC(C)C)C[C@H]2c2ccc3scnc3c2)cnc1N. The average molecular weight is 452 g/mol. The lowest BCUT2D eigenvalue weighted by Gasteiger charge is -2.40. The number of hydrogen-bond donors (Lipinski definition) is 2. The minimum atomic E-state index is -0.655. The molecule has 32 heavy (non-hydrogen) atoms. The Morgan fingerprint density at radius 1 is 1.28 bits per heavy atom. The van der Waals surface area contributed by atoms with Crippen molar-refractivity contribution in [3.8, 4) is 0 Å². The standard InChI is InChI=1S/C24H29N5O2S/c1-14(2)8-16-6-7-29(20(10-16)17-4-5-21-19(11-17)27-13-32-21)24(31)23(30)28-18-9-15(3)22(25)26-12-18/h4-5,9,11-14,16,20H,6-8,10H2,1-3H3,(H2,25,26)(H,28,30)/t16?,20-/m0/s1. The van der Waals surface area contributed by atoms with Gasteiger partial charge >= 0.3 is 11.8 Å². The second-order valence-electron chi connectivity index (χ2n) is 8.99. The smallest absolute Gasteiger partial charge is 0.313 e. The lowest BCUT2D eigenvalue weighted by molar-refractivity contribution is -0.146. The van der Waals surface area contributed by atoms with Gasteiger partial charge in [-0.3, -0.25) is 9.59 Å². The zero-order valence-electron chi connectivity index (χ0n) is 18.7. The Morgan fingerprint density at radius 3 is 2.84 bits per heavy atom. The maximum Gasteiger partial charge on any atom is 0.313 e. The number of nitrogens with one attached hydrogen (secondary N) is 1. The monoisotopic (exact) mass is 451 g/mol. The summed E-state index contributed by atoms with van der Waals surface area (Å²) in [5.41, 5.74) is 10.8. The van der Waals surface area contributed by atoms with Crippen molar-refractivity contribution >= 4 is 44.9 Å². The van der Waals surface area contributed by atoms with E-state index in [2.05, 4.69) is 47.3 Å². The number of fused-ring (bicyclic) bond motifs is 1. The number of nitrogens with two attached hydrogens (primary N) is 1. The van der Waals surface area contributed by atoms with E-state index >= 15 is 0 Å². The van der Waals surface area contributed by atoms with E-state index in [1.54, 1.807) is 22.3 Å². The number of nitrogen functional groups attached to an aromatic ring is 1. The number of pyridine rings is 1. The van der Waals surface area contributed by atoms with E-state index < -0.39 is 11.8 Å². The number of amides is 2. The van der Waals surface area contributed by atoms with Crippen LogP contribution >= 0.6 is 11.3 Å². The Hall–Kier alpha value is -3.00. The van der Waals surface area contributed by atoms with Crippen molar-refractivity contribution in [1.82, 2.24) is 14.9 Å². The molecule has 3 aromatic rings. The minimum Gasteiger partial charge on any atom is -0.383 e. The molecule has 1 saturated heterocycles. The van der Waals surface area contributed by atoms with Crippen LogP contribution in [0.2, 0.25) is 0 Å². The van der Waals surface area contributed by atoms with E-state index in [9.17, 15) is 9.59 Å². The molecule has 1 fully saturated rings. The van der Waals surface area contributed by atoms with Crippen LogP contribution in [0.1, 0.15) is 50.3 Å². The number of nitrogens with zero attached hydrogens (tertiary/aromatic N) is 3. The summed E-state index contributed by atoms with van der Waals surface area (Å²) in [5.74, 6) is 0.332. The first-order chi connectivity index (χ1) is 15.3. The van der Waals surface area contributed by atoms with Crippen LogP contribution < -0.4 is 11.1 Å². The molecular formula is C24H29N5O2S. The molecule has 0 spiro atoms. The molecule has 4 rings (SSSR count). The number of hydrogen-bond acceptors (Lipinski definition) is 6. The fourth-order valence-corrected chi connectivity index (χ4v) is 5.19. The number of carbonyl (C=O) groups is 2. The summed E-state index contributed by atoms with van der Waals surface area (Å²) < 4.78 is 1.12. The van der Waals surface area contributed by atoms with Crippen molar-refractivity contribution in [2.45, 2.75) is 46.1 Å². The average Bonchev–Trinajstić information content (AvgIpc) is 3.23. The Bertz CT molecular complexity index is 1140. The maximum absolute atomic E-state index is 13.2. The van der Waals surface area contributed by atoms with Crippen LogP contribution in [0.15, 0.2) is 36.0 Å². The molecule has 0 radical (unpaired) electrons. The van der Waals surface area contributed by atoms with Crippen LogP contribution in [0.4, 0.5) is 11.5 Å². The highest BCUT2D eigenvalue weighted by molar-refractivity contribution is 7.16. The normalized spacial score (nSPS) is 18.8. The van der Waals surface area contributed by atoms with Crippen LogP contribution in [-0.2, 0) is 9.59 Å². The van der Waals surface area contributed by atoms with Gasteiger partial charge in [-0.2, -0.15) is 0 Å². The molecule has 0 aliphatic carbocycles. The first-order valence-corrected chi connectivity index (χ1v) is 11.9. The summed E-state index contributed by atoms with van der Waals surface area (Å²) in [6.07, 6.45) is 4.32. The van der Waals surface area contributed by atoms with E-state index in [4.69, 9.17) is 5.73 Å². The van der Waals surface area contributed by atoms with E-state index in [1.165, 1.54) is 6.20 Å². The minimum absolute atomic E-state index is 0.150.